The smallest absolute Gasteiger partial charge is 0.135 e. The van der Waals surface area contributed by atoms with Crippen molar-refractivity contribution in [1.29, 1.82) is 0 Å². The highest BCUT2D eigenvalue weighted by atomic mass is 32.1. The van der Waals surface area contributed by atoms with E-state index < -0.39 is 6.17 Å². The average molecular weight is 694 g/mol. The second kappa shape index (κ2) is 12.2. The minimum absolute atomic E-state index is 0.481. The van der Waals surface area contributed by atoms with Gasteiger partial charge in [0.05, 0.1) is 6.54 Å². The first-order valence-corrected chi connectivity index (χ1v) is 18.7. The number of thiophene rings is 2. The molecule has 0 spiro atoms. The Balaban J connectivity index is 1.000. The highest BCUT2D eigenvalue weighted by Crippen LogP contribution is 2.43. The number of para-hydroxylation sites is 1. The monoisotopic (exact) mass is 693 g/mol. The Morgan fingerprint density at radius 3 is 2.20 bits per heavy atom. The van der Waals surface area contributed by atoms with E-state index in [0.717, 1.165) is 38.9 Å². The van der Waals surface area contributed by atoms with Gasteiger partial charge in [0.2, 0.25) is 0 Å². The topological polar surface area (TPSA) is 63.5 Å². The van der Waals surface area contributed by atoms with E-state index in [9.17, 15) is 0 Å². The lowest BCUT2D eigenvalue weighted by molar-refractivity contribution is 0.656. The highest BCUT2D eigenvalue weighted by molar-refractivity contribution is 7.26. The molecule has 0 radical (unpaired) electrons. The van der Waals surface area contributed by atoms with Gasteiger partial charge in [-0.3, -0.25) is 4.99 Å². The molecule has 6 heteroatoms. The minimum atomic E-state index is -0.481. The van der Waals surface area contributed by atoms with E-state index in [4.69, 9.17) is 15.1 Å². The molecule has 10 aromatic rings. The van der Waals surface area contributed by atoms with E-state index in [-0.39, 0.29) is 0 Å². The van der Waals surface area contributed by atoms with E-state index in [1.54, 1.807) is 0 Å². The van der Waals surface area contributed by atoms with Gasteiger partial charge in [-0.1, -0.05) is 121 Å². The molecule has 0 aliphatic carbocycles. The number of fused-ring (bicyclic) bond motifs is 9. The third kappa shape index (κ3) is 5.19. The van der Waals surface area contributed by atoms with Gasteiger partial charge in [-0.05, 0) is 52.6 Å². The molecule has 244 valence electrons. The molecule has 1 atom stereocenters. The van der Waals surface area contributed by atoms with Crippen LogP contribution < -0.4 is 11.1 Å². The number of nitrogens with zero attached hydrogens (tertiary/aromatic N) is 1. The van der Waals surface area contributed by atoms with Crippen LogP contribution in [0.1, 0.15) is 22.9 Å². The van der Waals surface area contributed by atoms with Crippen LogP contribution in [0.2, 0.25) is 0 Å². The van der Waals surface area contributed by atoms with Crippen LogP contribution in [0.15, 0.2) is 161 Å². The molecule has 0 bridgehead atoms. The number of nitrogens with two attached hydrogens (primary N) is 1. The Morgan fingerprint density at radius 1 is 0.588 bits per heavy atom. The number of nitrogens with one attached hydrogen (secondary N) is 1. The van der Waals surface area contributed by atoms with Crippen molar-refractivity contribution in [3.05, 3.63) is 168 Å². The number of aliphatic imine (C=N–C) groups is 1. The van der Waals surface area contributed by atoms with Crippen molar-refractivity contribution in [3.8, 4) is 11.1 Å². The fraction of sp³-hybridized carbons (Fsp3) is 0.0444. The molecule has 10 rings (SSSR count). The Bertz CT molecular complexity index is 2950. The summed E-state index contributed by atoms with van der Waals surface area (Å²) in [6, 6.07) is 53.4. The summed E-state index contributed by atoms with van der Waals surface area (Å²) >= 11 is 3.71. The van der Waals surface area contributed by atoms with E-state index in [1.165, 1.54) is 57.0 Å². The third-order valence-electron chi connectivity index (χ3n) is 9.80. The zero-order chi connectivity index (χ0) is 33.9. The minimum Gasteiger partial charge on any atom is -0.456 e. The molecule has 0 amide bonds. The molecule has 3 N–H and O–H groups in total. The van der Waals surface area contributed by atoms with Crippen LogP contribution in [0.25, 0.3) is 73.4 Å². The lowest BCUT2D eigenvalue weighted by Crippen LogP contribution is -2.34. The molecule has 0 fully saturated rings. The molecular formula is C45H31N3OS2. The number of furan rings is 1. The van der Waals surface area contributed by atoms with Gasteiger partial charge in [0.25, 0.3) is 0 Å². The maximum absolute atomic E-state index is 6.82. The van der Waals surface area contributed by atoms with Gasteiger partial charge in [0.15, 0.2) is 0 Å². The molecule has 51 heavy (non-hydrogen) atoms. The van der Waals surface area contributed by atoms with Gasteiger partial charge in [-0.25, -0.2) is 0 Å². The van der Waals surface area contributed by atoms with Gasteiger partial charge in [-0.2, -0.15) is 0 Å². The van der Waals surface area contributed by atoms with E-state index in [2.05, 4.69) is 115 Å². The number of rotatable bonds is 6. The van der Waals surface area contributed by atoms with Gasteiger partial charge >= 0.3 is 0 Å². The van der Waals surface area contributed by atoms with E-state index in [1.807, 2.05) is 65.1 Å². The van der Waals surface area contributed by atoms with Gasteiger partial charge in [0, 0.05) is 56.7 Å². The zero-order valence-corrected chi connectivity index (χ0v) is 29.1. The van der Waals surface area contributed by atoms with E-state index in [0.29, 0.717) is 6.54 Å². The second-order valence-corrected chi connectivity index (χ2v) is 15.0. The largest absolute Gasteiger partial charge is 0.456 e. The summed E-state index contributed by atoms with van der Waals surface area (Å²) in [5.41, 5.74) is 14.1. The predicted molar refractivity (Wildman–Crippen MR) is 218 cm³/mol. The molecule has 1 unspecified atom stereocenters. The van der Waals surface area contributed by atoms with Crippen molar-refractivity contribution in [2.24, 2.45) is 10.7 Å². The van der Waals surface area contributed by atoms with Crippen molar-refractivity contribution in [1.82, 2.24) is 5.32 Å². The summed E-state index contributed by atoms with van der Waals surface area (Å²) in [7, 11) is 0. The van der Waals surface area contributed by atoms with Crippen LogP contribution in [-0.4, -0.2) is 5.84 Å². The van der Waals surface area contributed by atoms with Crippen LogP contribution in [-0.2, 0) is 6.54 Å². The third-order valence-corrected chi connectivity index (χ3v) is 12.3. The lowest BCUT2D eigenvalue weighted by Gasteiger charge is -2.18. The Morgan fingerprint density at radius 2 is 1.29 bits per heavy atom. The lowest BCUT2D eigenvalue weighted by atomic mass is 10.0. The molecule has 3 aromatic heterocycles. The Labute approximate surface area is 302 Å². The van der Waals surface area contributed by atoms with Crippen molar-refractivity contribution in [2.75, 3.05) is 0 Å². The Hall–Kier alpha value is -5.79. The zero-order valence-electron chi connectivity index (χ0n) is 27.5. The van der Waals surface area contributed by atoms with Crippen LogP contribution in [0.3, 0.4) is 0 Å². The first kappa shape index (κ1) is 30.1. The van der Waals surface area contributed by atoms with Crippen molar-refractivity contribution in [3.63, 3.8) is 0 Å². The number of amidine groups is 1. The summed E-state index contributed by atoms with van der Waals surface area (Å²) in [6.07, 6.45) is -0.481. The number of hydrogen-bond donors (Lipinski definition) is 2. The molecule has 0 aliphatic rings. The standard InChI is InChI=1S/C45H31N3OS2/c46-44(29-20-22-33-32-13-4-6-18-38(32)49-39(33)25-29)48-45(27-10-2-1-3-11-27)47-26-30-12-8-16-36-37-24-28(21-23-41(37)50-42(30)36)31-15-9-17-35-34-14-5-7-19-40(34)51-43(31)35/h1-25,44H,26,46H2,(H,47,48). The summed E-state index contributed by atoms with van der Waals surface area (Å²) in [5.74, 6) is 0.754. The molecule has 7 aromatic carbocycles. The number of benzene rings is 7. The van der Waals surface area contributed by atoms with E-state index >= 15 is 0 Å². The van der Waals surface area contributed by atoms with Crippen LogP contribution in [0.5, 0.6) is 0 Å². The summed E-state index contributed by atoms with van der Waals surface area (Å²) < 4.78 is 11.4. The summed E-state index contributed by atoms with van der Waals surface area (Å²) in [5, 5.41) is 10.9. The SMILES string of the molecule is NC(N/C(=N\Cc1cccc2c1sc1ccc(-c3cccc4c3sc3ccccc34)cc12)c1ccccc1)c1ccc2c(c1)oc1ccccc12. The average Bonchev–Trinajstić information content (AvgIpc) is 3.87. The molecule has 0 aliphatic heterocycles. The highest BCUT2D eigenvalue weighted by Gasteiger charge is 2.16. The van der Waals surface area contributed by atoms with Gasteiger partial charge < -0.3 is 15.5 Å². The maximum Gasteiger partial charge on any atom is 0.135 e. The molecule has 4 nitrogen and oxygen atoms in total. The first-order valence-electron chi connectivity index (χ1n) is 17.1. The maximum atomic E-state index is 6.82. The predicted octanol–water partition coefficient (Wildman–Crippen LogP) is 12.2. The van der Waals surface area contributed by atoms with Crippen molar-refractivity contribution in [2.45, 2.75) is 12.7 Å². The second-order valence-electron chi connectivity index (χ2n) is 12.9. The fourth-order valence-corrected chi connectivity index (χ4v) is 9.70. The Kier molecular flexibility index (Phi) is 7.20. The van der Waals surface area contributed by atoms with Gasteiger partial charge in [-0.15, -0.1) is 22.7 Å². The molecule has 0 saturated carbocycles. The first-order chi connectivity index (χ1) is 25.2. The summed E-state index contributed by atoms with van der Waals surface area (Å²) in [6.45, 7) is 0.519. The van der Waals surface area contributed by atoms with Crippen LogP contribution in [0.4, 0.5) is 0 Å². The van der Waals surface area contributed by atoms with Crippen molar-refractivity contribution >= 4 is 90.8 Å². The quantitative estimate of drug-likeness (QED) is 0.103. The normalized spacial score (nSPS) is 12.9. The molecular weight excluding hydrogens is 663 g/mol. The summed E-state index contributed by atoms with van der Waals surface area (Å²) in [4.78, 5) is 5.18. The fourth-order valence-electron chi connectivity index (χ4n) is 7.27. The van der Waals surface area contributed by atoms with Crippen LogP contribution >= 0.6 is 22.7 Å². The van der Waals surface area contributed by atoms with Gasteiger partial charge in [0.1, 0.15) is 23.2 Å². The van der Waals surface area contributed by atoms with Crippen molar-refractivity contribution < 1.29 is 4.42 Å². The van der Waals surface area contributed by atoms with Crippen LogP contribution in [0, 0.1) is 0 Å². The molecule has 3 heterocycles. The number of hydrogen-bond acceptors (Lipinski definition) is 5. The molecule has 0 saturated heterocycles.